The summed E-state index contributed by atoms with van der Waals surface area (Å²) in [5.74, 6) is -2.47. The average molecular weight is 535 g/mol. The third kappa shape index (κ3) is 7.02. The van der Waals surface area contributed by atoms with E-state index < -0.39 is 17.8 Å². The Hall–Kier alpha value is -4.54. The topological polar surface area (TPSA) is 126 Å². The quantitative estimate of drug-likeness (QED) is 0.164. The Labute approximate surface area is 223 Å². The summed E-state index contributed by atoms with van der Waals surface area (Å²) >= 11 is 5.82. The largest absolute Gasteiger partial charge is 0.423 e. The molecule has 0 aliphatic carbocycles. The maximum absolute atomic E-state index is 12.8. The van der Waals surface area contributed by atoms with Crippen LogP contribution in [0.3, 0.4) is 0 Å². The van der Waals surface area contributed by atoms with Crippen molar-refractivity contribution in [1.29, 1.82) is 0 Å². The maximum atomic E-state index is 12.8. The van der Waals surface area contributed by atoms with Crippen molar-refractivity contribution in [2.45, 2.75) is 0 Å². The number of benzene rings is 3. The van der Waals surface area contributed by atoms with Gasteiger partial charge < -0.3 is 19.7 Å². The van der Waals surface area contributed by atoms with Crippen molar-refractivity contribution in [2.75, 3.05) is 31.6 Å². The molecule has 0 atom stereocenters. The molecule has 3 aromatic rings. The summed E-state index contributed by atoms with van der Waals surface area (Å²) in [6, 6.07) is 19.1. The first-order valence-electron chi connectivity index (χ1n) is 11.6. The maximum Gasteiger partial charge on any atom is 0.343 e. The molecule has 0 saturated carbocycles. The first-order valence-corrected chi connectivity index (χ1v) is 12.0. The molecule has 4 rings (SSSR count). The number of anilines is 1. The lowest BCUT2D eigenvalue weighted by molar-refractivity contribution is -0.136. The Bertz CT molecular complexity index is 1350. The minimum Gasteiger partial charge on any atom is -0.423 e. The fraction of sp³-hybridized carbons (Fsp3) is 0.148. The zero-order valence-corrected chi connectivity index (χ0v) is 20.8. The predicted octanol–water partition coefficient (Wildman–Crippen LogP) is 3.12. The summed E-state index contributed by atoms with van der Waals surface area (Å²) in [6.45, 7) is 1.78. The van der Waals surface area contributed by atoms with Crippen LogP contribution in [-0.2, 0) is 14.3 Å². The second-order valence-corrected chi connectivity index (χ2v) is 8.51. The number of carbonyl (C=O) groups excluding carboxylic acids is 4. The van der Waals surface area contributed by atoms with E-state index in [1.54, 1.807) is 77.7 Å². The number of morpholine rings is 1. The van der Waals surface area contributed by atoms with Gasteiger partial charge >= 0.3 is 17.8 Å². The molecule has 1 aliphatic heterocycles. The van der Waals surface area contributed by atoms with Crippen LogP contribution in [0.15, 0.2) is 77.9 Å². The number of para-hydroxylation sites is 1. The van der Waals surface area contributed by atoms with E-state index >= 15 is 0 Å². The van der Waals surface area contributed by atoms with Crippen LogP contribution < -0.4 is 15.5 Å². The van der Waals surface area contributed by atoms with Crippen LogP contribution in [0.1, 0.15) is 26.3 Å². The third-order valence-electron chi connectivity index (χ3n) is 5.46. The lowest BCUT2D eigenvalue weighted by atomic mass is 10.1. The Morgan fingerprint density at radius 3 is 2.29 bits per heavy atom. The lowest BCUT2D eigenvalue weighted by Crippen LogP contribution is -2.41. The minimum absolute atomic E-state index is 0.219. The molecule has 38 heavy (non-hydrogen) atoms. The van der Waals surface area contributed by atoms with Crippen molar-refractivity contribution in [3.63, 3.8) is 0 Å². The van der Waals surface area contributed by atoms with Gasteiger partial charge in [0, 0.05) is 18.1 Å². The summed E-state index contributed by atoms with van der Waals surface area (Å²) in [5, 5.41) is 6.76. The van der Waals surface area contributed by atoms with E-state index in [-0.39, 0.29) is 17.2 Å². The molecule has 194 valence electrons. The molecule has 2 N–H and O–H groups in total. The van der Waals surface area contributed by atoms with Crippen molar-refractivity contribution >= 4 is 47.2 Å². The number of nitrogens with zero attached hydrogens (tertiary/aromatic N) is 2. The van der Waals surface area contributed by atoms with Gasteiger partial charge in [-0.25, -0.2) is 10.2 Å². The summed E-state index contributed by atoms with van der Waals surface area (Å²) in [6.07, 6.45) is 1.33. The average Bonchev–Trinajstić information content (AvgIpc) is 2.94. The molecule has 0 aromatic heterocycles. The van der Waals surface area contributed by atoms with Crippen LogP contribution in [0.4, 0.5) is 5.69 Å². The van der Waals surface area contributed by atoms with Gasteiger partial charge in [-0.05, 0) is 66.2 Å². The van der Waals surface area contributed by atoms with Gasteiger partial charge in [0.05, 0.1) is 36.2 Å². The number of hydrazone groups is 1. The van der Waals surface area contributed by atoms with Crippen molar-refractivity contribution in [3.8, 4) is 5.75 Å². The molecular weight excluding hydrogens is 512 g/mol. The van der Waals surface area contributed by atoms with Gasteiger partial charge in [-0.15, -0.1) is 0 Å². The fourth-order valence-electron chi connectivity index (χ4n) is 3.48. The summed E-state index contributed by atoms with van der Waals surface area (Å²) in [4.78, 5) is 51.3. The Morgan fingerprint density at radius 1 is 0.895 bits per heavy atom. The zero-order chi connectivity index (χ0) is 26.9. The number of nitrogens with one attached hydrogen (secondary N) is 2. The molecule has 1 heterocycles. The molecule has 0 spiro atoms. The van der Waals surface area contributed by atoms with Crippen LogP contribution in [0.5, 0.6) is 5.75 Å². The highest BCUT2D eigenvalue weighted by atomic mass is 35.5. The second-order valence-electron chi connectivity index (χ2n) is 8.07. The monoisotopic (exact) mass is 534 g/mol. The van der Waals surface area contributed by atoms with Gasteiger partial charge in [0.1, 0.15) is 5.75 Å². The number of hydrogen-bond acceptors (Lipinski definition) is 7. The Balaban J connectivity index is 1.30. The van der Waals surface area contributed by atoms with Crippen LogP contribution in [0.25, 0.3) is 0 Å². The molecule has 0 unspecified atom stereocenters. The Kier molecular flexibility index (Phi) is 8.81. The van der Waals surface area contributed by atoms with E-state index in [0.29, 0.717) is 48.2 Å². The molecule has 11 heteroatoms. The first-order chi connectivity index (χ1) is 18.4. The highest BCUT2D eigenvalue weighted by Crippen LogP contribution is 2.18. The number of carbonyl (C=O) groups is 4. The number of hydrogen-bond donors (Lipinski definition) is 2. The van der Waals surface area contributed by atoms with Gasteiger partial charge in [0.2, 0.25) is 0 Å². The van der Waals surface area contributed by atoms with Crippen LogP contribution >= 0.6 is 11.6 Å². The minimum atomic E-state index is -1.01. The lowest BCUT2D eigenvalue weighted by Gasteiger charge is -2.27. The molecule has 1 aliphatic rings. The number of halogens is 1. The van der Waals surface area contributed by atoms with Crippen molar-refractivity contribution in [2.24, 2.45) is 5.10 Å². The molecule has 3 aromatic carbocycles. The third-order valence-corrected chi connectivity index (χ3v) is 5.71. The normalized spacial score (nSPS) is 13.1. The molecule has 1 saturated heterocycles. The highest BCUT2D eigenvalue weighted by molar-refractivity contribution is 6.40. The van der Waals surface area contributed by atoms with Gasteiger partial charge in [0.25, 0.3) is 5.91 Å². The van der Waals surface area contributed by atoms with E-state index in [0.717, 1.165) is 0 Å². The van der Waals surface area contributed by atoms with E-state index in [9.17, 15) is 19.2 Å². The predicted molar refractivity (Wildman–Crippen MR) is 140 cm³/mol. The second kappa shape index (κ2) is 12.6. The highest BCUT2D eigenvalue weighted by Gasteiger charge is 2.23. The van der Waals surface area contributed by atoms with E-state index in [1.807, 2.05) is 0 Å². The molecule has 0 radical (unpaired) electrons. The van der Waals surface area contributed by atoms with Crippen molar-refractivity contribution in [1.82, 2.24) is 10.3 Å². The number of rotatable bonds is 6. The fourth-order valence-corrected chi connectivity index (χ4v) is 3.61. The van der Waals surface area contributed by atoms with Crippen LogP contribution in [0.2, 0.25) is 5.02 Å². The van der Waals surface area contributed by atoms with Gasteiger partial charge in [-0.1, -0.05) is 23.7 Å². The van der Waals surface area contributed by atoms with Gasteiger partial charge in [-0.2, -0.15) is 5.10 Å². The first kappa shape index (κ1) is 26.5. The molecular formula is C27H23ClN4O6. The standard InChI is InChI=1S/C27H23ClN4O6/c28-20-9-7-19(8-10-20)27(36)38-21-11-5-18(6-12-21)17-29-31-25(34)24(33)30-23-4-2-1-3-22(23)26(35)32-13-15-37-16-14-32/h1-12,17H,13-16H2,(H,30,33)(H,31,34)/b29-17+. The summed E-state index contributed by atoms with van der Waals surface area (Å²) in [7, 11) is 0. The SMILES string of the molecule is O=C(N/N=C/c1ccc(OC(=O)c2ccc(Cl)cc2)cc1)C(=O)Nc1ccccc1C(=O)N1CCOCC1. The number of amides is 3. The van der Waals surface area contributed by atoms with E-state index in [2.05, 4.69) is 15.8 Å². The summed E-state index contributed by atoms with van der Waals surface area (Å²) < 4.78 is 10.6. The molecule has 10 nitrogen and oxygen atoms in total. The molecule has 1 fully saturated rings. The number of ether oxygens (including phenoxy) is 2. The van der Waals surface area contributed by atoms with Crippen LogP contribution in [-0.4, -0.2) is 61.1 Å². The number of esters is 1. The smallest absolute Gasteiger partial charge is 0.343 e. The van der Waals surface area contributed by atoms with E-state index in [1.165, 1.54) is 6.21 Å². The molecule has 3 amide bonds. The molecule has 0 bridgehead atoms. The van der Waals surface area contributed by atoms with Gasteiger partial charge in [0.15, 0.2) is 0 Å². The van der Waals surface area contributed by atoms with Crippen molar-refractivity contribution < 1.29 is 28.7 Å². The summed E-state index contributed by atoms with van der Waals surface area (Å²) in [5.41, 5.74) is 3.58. The van der Waals surface area contributed by atoms with Gasteiger partial charge in [-0.3, -0.25) is 14.4 Å². The Morgan fingerprint density at radius 2 is 1.58 bits per heavy atom. The van der Waals surface area contributed by atoms with E-state index in [4.69, 9.17) is 21.1 Å². The zero-order valence-electron chi connectivity index (χ0n) is 20.1. The van der Waals surface area contributed by atoms with Crippen LogP contribution in [0, 0.1) is 0 Å². The van der Waals surface area contributed by atoms with Crippen molar-refractivity contribution in [3.05, 3.63) is 94.5 Å².